The first kappa shape index (κ1) is 17.9. The van der Waals surface area contributed by atoms with Crippen LogP contribution in [0.5, 0.6) is 0 Å². The molecule has 1 fully saturated rings. The van der Waals surface area contributed by atoms with E-state index in [1.165, 1.54) is 38.6 Å². The Kier molecular flexibility index (Phi) is 8.74. The maximum Gasteiger partial charge on any atom is 0.0594 e. The van der Waals surface area contributed by atoms with E-state index in [2.05, 4.69) is 25.7 Å². The van der Waals surface area contributed by atoms with E-state index in [1.807, 2.05) is 7.11 Å². The molecule has 3 heteroatoms. The van der Waals surface area contributed by atoms with Gasteiger partial charge in [-0.3, -0.25) is 4.90 Å². The number of hydrogen-bond donors (Lipinski definition) is 0. The molecule has 0 N–H and O–H groups in total. The normalized spacial score (nSPS) is 19.2. The lowest BCUT2D eigenvalue weighted by Gasteiger charge is -2.28. The van der Waals surface area contributed by atoms with Gasteiger partial charge in [-0.05, 0) is 37.1 Å². The first-order valence-corrected chi connectivity index (χ1v) is 8.30. The third-order valence-corrected chi connectivity index (χ3v) is 4.07. The molecule has 0 radical (unpaired) electrons. The molecule has 120 valence electrons. The van der Waals surface area contributed by atoms with Gasteiger partial charge in [-0.1, -0.05) is 33.6 Å². The molecule has 0 aromatic carbocycles. The van der Waals surface area contributed by atoms with Crippen LogP contribution in [0, 0.1) is 11.3 Å². The molecule has 3 nitrogen and oxygen atoms in total. The molecular formula is C17H35NO2. The van der Waals surface area contributed by atoms with Crippen molar-refractivity contribution in [1.82, 2.24) is 4.90 Å². The summed E-state index contributed by atoms with van der Waals surface area (Å²) in [4.78, 5) is 2.54. The van der Waals surface area contributed by atoms with Crippen molar-refractivity contribution >= 4 is 0 Å². The monoisotopic (exact) mass is 285 g/mol. The summed E-state index contributed by atoms with van der Waals surface area (Å²) < 4.78 is 10.7. The Balaban J connectivity index is 2.16. The quantitative estimate of drug-likeness (QED) is 0.604. The predicted octanol–water partition coefficient (Wildman–Crippen LogP) is 3.58. The number of ether oxygens (including phenoxy) is 2. The van der Waals surface area contributed by atoms with Gasteiger partial charge in [0.1, 0.15) is 0 Å². The van der Waals surface area contributed by atoms with Gasteiger partial charge in [0.25, 0.3) is 0 Å². The highest BCUT2D eigenvalue weighted by molar-refractivity contribution is 4.70. The van der Waals surface area contributed by atoms with Gasteiger partial charge in [-0.15, -0.1) is 0 Å². The third-order valence-electron chi connectivity index (χ3n) is 4.07. The van der Waals surface area contributed by atoms with Gasteiger partial charge in [0.2, 0.25) is 0 Å². The summed E-state index contributed by atoms with van der Waals surface area (Å²) in [5.74, 6) is 0.819. The smallest absolute Gasteiger partial charge is 0.0594 e. The highest BCUT2D eigenvalue weighted by Crippen LogP contribution is 2.29. The van der Waals surface area contributed by atoms with E-state index >= 15 is 0 Å². The fourth-order valence-corrected chi connectivity index (χ4v) is 3.09. The van der Waals surface area contributed by atoms with Crippen LogP contribution in [-0.4, -0.2) is 51.5 Å². The van der Waals surface area contributed by atoms with Gasteiger partial charge in [0, 0.05) is 26.8 Å². The lowest BCUT2D eigenvalue weighted by Crippen LogP contribution is -2.36. The summed E-state index contributed by atoms with van der Waals surface area (Å²) in [7, 11) is 1.81. The molecule has 0 saturated carbocycles. The highest BCUT2D eigenvalue weighted by atomic mass is 16.5. The zero-order valence-corrected chi connectivity index (χ0v) is 14.1. The second-order valence-corrected chi connectivity index (χ2v) is 7.36. The molecule has 0 unspecified atom stereocenters. The zero-order chi connectivity index (χ0) is 14.8. The fraction of sp³-hybridized carbons (Fsp3) is 1.00. The number of nitrogens with zero attached hydrogens (tertiary/aromatic N) is 1. The van der Waals surface area contributed by atoms with Crippen molar-refractivity contribution in [2.24, 2.45) is 11.3 Å². The van der Waals surface area contributed by atoms with Crippen LogP contribution >= 0.6 is 0 Å². The van der Waals surface area contributed by atoms with Crippen molar-refractivity contribution < 1.29 is 9.47 Å². The minimum atomic E-state index is 0.433. The molecule has 0 aliphatic carbocycles. The van der Waals surface area contributed by atoms with Crippen LogP contribution in [0.2, 0.25) is 0 Å². The van der Waals surface area contributed by atoms with Crippen molar-refractivity contribution in [2.75, 3.05) is 46.6 Å². The van der Waals surface area contributed by atoms with E-state index in [4.69, 9.17) is 9.47 Å². The predicted molar refractivity (Wildman–Crippen MR) is 85.2 cm³/mol. The van der Waals surface area contributed by atoms with Crippen LogP contribution in [0.15, 0.2) is 0 Å². The molecule has 1 aliphatic heterocycles. The summed E-state index contributed by atoms with van der Waals surface area (Å²) in [5, 5.41) is 0. The Bertz CT molecular complexity index is 232. The molecule has 1 heterocycles. The van der Waals surface area contributed by atoms with Crippen molar-refractivity contribution in [3.05, 3.63) is 0 Å². The second-order valence-electron chi connectivity index (χ2n) is 7.36. The maximum absolute atomic E-state index is 5.39. The molecule has 1 aliphatic rings. The molecule has 1 saturated heterocycles. The first-order valence-electron chi connectivity index (χ1n) is 8.30. The van der Waals surface area contributed by atoms with Crippen LogP contribution in [0.4, 0.5) is 0 Å². The van der Waals surface area contributed by atoms with Crippen LogP contribution in [0.3, 0.4) is 0 Å². The third kappa shape index (κ3) is 8.93. The van der Waals surface area contributed by atoms with Gasteiger partial charge in [0.05, 0.1) is 13.2 Å². The first-order chi connectivity index (χ1) is 9.51. The minimum absolute atomic E-state index is 0.433. The molecule has 0 aromatic rings. The Hall–Kier alpha value is -0.120. The van der Waals surface area contributed by atoms with Gasteiger partial charge >= 0.3 is 0 Å². The summed E-state index contributed by atoms with van der Waals surface area (Å²) in [6.07, 6.45) is 6.56. The fourth-order valence-electron chi connectivity index (χ4n) is 3.09. The van der Waals surface area contributed by atoms with E-state index in [0.29, 0.717) is 5.41 Å². The van der Waals surface area contributed by atoms with Crippen molar-refractivity contribution in [3.63, 3.8) is 0 Å². The molecule has 0 aromatic heterocycles. The lowest BCUT2D eigenvalue weighted by atomic mass is 9.81. The largest absolute Gasteiger partial charge is 0.385 e. The molecule has 0 bridgehead atoms. The molecule has 0 spiro atoms. The van der Waals surface area contributed by atoms with E-state index in [0.717, 1.165) is 38.8 Å². The van der Waals surface area contributed by atoms with Crippen LogP contribution in [0.1, 0.15) is 52.9 Å². The average molecular weight is 285 g/mol. The van der Waals surface area contributed by atoms with E-state index in [-0.39, 0.29) is 0 Å². The summed E-state index contributed by atoms with van der Waals surface area (Å²) in [5.41, 5.74) is 0.433. The van der Waals surface area contributed by atoms with Crippen LogP contribution < -0.4 is 0 Å². The number of rotatable bonds is 9. The summed E-state index contributed by atoms with van der Waals surface area (Å²) in [6.45, 7) is 13.3. The lowest BCUT2D eigenvalue weighted by molar-refractivity contribution is 0.0368. The van der Waals surface area contributed by atoms with Gasteiger partial charge in [-0.2, -0.15) is 0 Å². The highest BCUT2D eigenvalue weighted by Gasteiger charge is 2.18. The Morgan fingerprint density at radius 3 is 2.40 bits per heavy atom. The van der Waals surface area contributed by atoms with Crippen molar-refractivity contribution in [3.8, 4) is 0 Å². The second kappa shape index (κ2) is 9.75. The number of morpholine rings is 1. The Morgan fingerprint density at radius 2 is 1.80 bits per heavy atom. The van der Waals surface area contributed by atoms with Crippen LogP contribution in [0.25, 0.3) is 0 Å². The van der Waals surface area contributed by atoms with E-state index < -0.39 is 0 Å². The van der Waals surface area contributed by atoms with Gasteiger partial charge < -0.3 is 9.47 Å². The molecule has 0 amide bonds. The molecule has 1 atom stereocenters. The van der Waals surface area contributed by atoms with Crippen molar-refractivity contribution in [1.29, 1.82) is 0 Å². The standard InChI is InChI=1S/C17H35NO2/c1-17(2,3)15-16(8-12-19-4)7-5-6-9-18-10-13-20-14-11-18/h16H,5-15H2,1-4H3/t16-/m1/s1. The topological polar surface area (TPSA) is 21.7 Å². The SMILES string of the molecule is COCC[C@@H](CCCCN1CCOCC1)CC(C)(C)C. The Labute approximate surface area is 126 Å². The van der Waals surface area contributed by atoms with Crippen molar-refractivity contribution in [2.45, 2.75) is 52.9 Å². The maximum atomic E-state index is 5.39. The minimum Gasteiger partial charge on any atom is -0.385 e. The molecule has 20 heavy (non-hydrogen) atoms. The van der Waals surface area contributed by atoms with Gasteiger partial charge in [-0.25, -0.2) is 0 Å². The van der Waals surface area contributed by atoms with Crippen LogP contribution in [-0.2, 0) is 9.47 Å². The number of methoxy groups -OCH3 is 1. The van der Waals surface area contributed by atoms with E-state index in [1.54, 1.807) is 0 Å². The van der Waals surface area contributed by atoms with Gasteiger partial charge in [0.15, 0.2) is 0 Å². The summed E-state index contributed by atoms with van der Waals surface area (Å²) in [6, 6.07) is 0. The average Bonchev–Trinajstić information content (AvgIpc) is 2.40. The Morgan fingerprint density at radius 1 is 1.10 bits per heavy atom. The number of unbranched alkanes of at least 4 members (excludes halogenated alkanes) is 1. The molecular weight excluding hydrogens is 250 g/mol. The number of hydrogen-bond acceptors (Lipinski definition) is 3. The van der Waals surface area contributed by atoms with E-state index in [9.17, 15) is 0 Å². The summed E-state index contributed by atoms with van der Waals surface area (Å²) >= 11 is 0. The molecule has 1 rings (SSSR count). The zero-order valence-electron chi connectivity index (χ0n) is 14.1.